The molecular weight excluding hydrogens is 518 g/mol. The molecule has 192 valence electrons. The minimum atomic E-state index is 0.663. The van der Waals surface area contributed by atoms with E-state index in [9.17, 15) is 0 Å². The highest BCUT2D eigenvalue weighted by Gasteiger charge is 2.16. The van der Waals surface area contributed by atoms with Crippen LogP contribution >= 0.6 is 11.3 Å². The highest BCUT2D eigenvalue weighted by molar-refractivity contribution is 7.26. The molecule has 0 radical (unpaired) electrons. The minimum Gasteiger partial charge on any atom is -0.208 e. The maximum atomic E-state index is 5.08. The van der Waals surface area contributed by atoms with Gasteiger partial charge < -0.3 is 0 Å². The van der Waals surface area contributed by atoms with Gasteiger partial charge >= 0.3 is 0 Å². The molecule has 2 heterocycles. The zero-order valence-corrected chi connectivity index (χ0v) is 22.8. The van der Waals surface area contributed by atoms with Crippen molar-refractivity contribution in [3.63, 3.8) is 0 Å². The smallest absolute Gasteiger partial charge is 0.165 e. The molecule has 0 aliphatic rings. The van der Waals surface area contributed by atoms with E-state index in [1.54, 1.807) is 11.3 Å². The van der Waals surface area contributed by atoms with Crippen LogP contribution in [-0.4, -0.2) is 15.0 Å². The van der Waals surface area contributed by atoms with Gasteiger partial charge in [-0.2, -0.15) is 0 Å². The fourth-order valence-corrected chi connectivity index (χ4v) is 6.66. The quantitative estimate of drug-likeness (QED) is 0.222. The van der Waals surface area contributed by atoms with E-state index in [4.69, 9.17) is 15.0 Å². The average molecular weight is 542 g/mol. The van der Waals surface area contributed by atoms with Crippen molar-refractivity contribution in [3.8, 4) is 45.3 Å². The Morgan fingerprint density at radius 2 is 1.00 bits per heavy atom. The molecule has 8 rings (SSSR count). The van der Waals surface area contributed by atoms with Crippen LogP contribution in [-0.2, 0) is 0 Å². The Labute approximate surface area is 241 Å². The monoisotopic (exact) mass is 541 g/mol. The van der Waals surface area contributed by atoms with Gasteiger partial charge in [0.05, 0.1) is 0 Å². The summed E-state index contributed by atoms with van der Waals surface area (Å²) < 4.78 is 2.45. The number of rotatable bonds is 4. The molecule has 0 bridgehead atoms. The van der Waals surface area contributed by atoms with Gasteiger partial charge in [-0.1, -0.05) is 121 Å². The van der Waals surface area contributed by atoms with Gasteiger partial charge in [-0.15, -0.1) is 11.3 Å². The summed E-state index contributed by atoms with van der Waals surface area (Å²) in [5.74, 6) is 2.01. The predicted molar refractivity (Wildman–Crippen MR) is 172 cm³/mol. The van der Waals surface area contributed by atoms with Gasteiger partial charge in [-0.3, -0.25) is 0 Å². The van der Waals surface area contributed by atoms with Crippen molar-refractivity contribution in [3.05, 3.63) is 140 Å². The SMILES string of the molecule is c1ccc(-c2ccc(-c3nc(-c4ccc5ccccc5c4)nc(-c4cccc5c4sc4ccccc45)n3)cc2)cc1. The molecule has 0 saturated carbocycles. The molecule has 0 spiro atoms. The Bertz CT molecular complexity index is 2200. The van der Waals surface area contributed by atoms with Gasteiger partial charge in [0.25, 0.3) is 0 Å². The molecular formula is C37H23N3S. The van der Waals surface area contributed by atoms with Crippen molar-refractivity contribution in [2.45, 2.75) is 0 Å². The molecule has 4 heteroatoms. The molecule has 0 aliphatic carbocycles. The molecule has 0 saturated heterocycles. The van der Waals surface area contributed by atoms with Gasteiger partial charge in [-0.25, -0.2) is 15.0 Å². The fraction of sp³-hybridized carbons (Fsp3) is 0. The number of hydrogen-bond acceptors (Lipinski definition) is 4. The molecule has 0 aliphatic heterocycles. The molecule has 0 amide bonds. The van der Waals surface area contributed by atoms with E-state index >= 15 is 0 Å². The van der Waals surface area contributed by atoms with Crippen LogP contribution in [0.25, 0.3) is 76.2 Å². The largest absolute Gasteiger partial charge is 0.208 e. The van der Waals surface area contributed by atoms with Crippen LogP contribution in [0.15, 0.2) is 140 Å². The highest BCUT2D eigenvalue weighted by atomic mass is 32.1. The van der Waals surface area contributed by atoms with Crippen LogP contribution in [0.3, 0.4) is 0 Å². The molecule has 41 heavy (non-hydrogen) atoms. The summed E-state index contributed by atoms with van der Waals surface area (Å²) in [6.07, 6.45) is 0. The number of benzene rings is 6. The lowest BCUT2D eigenvalue weighted by Crippen LogP contribution is -2.00. The van der Waals surface area contributed by atoms with Gasteiger partial charge in [0.15, 0.2) is 17.5 Å². The Morgan fingerprint density at radius 1 is 0.390 bits per heavy atom. The first-order chi connectivity index (χ1) is 20.3. The number of aromatic nitrogens is 3. The third-order valence-electron chi connectivity index (χ3n) is 7.54. The third-order valence-corrected chi connectivity index (χ3v) is 8.76. The number of hydrogen-bond donors (Lipinski definition) is 0. The number of fused-ring (bicyclic) bond motifs is 4. The Balaban J connectivity index is 1.33. The maximum absolute atomic E-state index is 5.08. The minimum absolute atomic E-state index is 0.663. The van der Waals surface area contributed by atoms with Crippen molar-refractivity contribution in [2.24, 2.45) is 0 Å². The molecule has 3 nitrogen and oxygen atoms in total. The average Bonchev–Trinajstić information content (AvgIpc) is 3.44. The first-order valence-corrected chi connectivity index (χ1v) is 14.4. The Morgan fingerprint density at radius 3 is 1.85 bits per heavy atom. The van der Waals surface area contributed by atoms with E-state index in [1.807, 2.05) is 6.07 Å². The fourth-order valence-electron chi connectivity index (χ4n) is 5.45. The zero-order chi connectivity index (χ0) is 27.2. The van der Waals surface area contributed by atoms with Crippen molar-refractivity contribution in [1.29, 1.82) is 0 Å². The topological polar surface area (TPSA) is 38.7 Å². The predicted octanol–water partition coefficient (Wildman–Crippen LogP) is 10.1. The lowest BCUT2D eigenvalue weighted by Gasteiger charge is -2.10. The van der Waals surface area contributed by atoms with Crippen LogP contribution in [0.1, 0.15) is 0 Å². The first-order valence-electron chi connectivity index (χ1n) is 13.6. The van der Waals surface area contributed by atoms with Crippen LogP contribution in [0.5, 0.6) is 0 Å². The lowest BCUT2D eigenvalue weighted by molar-refractivity contribution is 1.08. The molecule has 0 atom stereocenters. The Kier molecular flexibility index (Phi) is 5.64. The maximum Gasteiger partial charge on any atom is 0.165 e. The van der Waals surface area contributed by atoms with Gasteiger partial charge in [-0.05, 0) is 40.1 Å². The van der Waals surface area contributed by atoms with Crippen LogP contribution in [0.4, 0.5) is 0 Å². The second-order valence-electron chi connectivity index (χ2n) is 10.1. The summed E-state index contributed by atoms with van der Waals surface area (Å²) in [5, 5.41) is 4.84. The summed E-state index contributed by atoms with van der Waals surface area (Å²) in [4.78, 5) is 15.2. The molecule has 2 aromatic heterocycles. The zero-order valence-electron chi connectivity index (χ0n) is 22.0. The second-order valence-corrected chi connectivity index (χ2v) is 11.1. The summed E-state index contributed by atoms with van der Waals surface area (Å²) in [7, 11) is 0. The third kappa shape index (κ3) is 4.26. The van der Waals surface area contributed by atoms with Crippen LogP contribution in [0.2, 0.25) is 0 Å². The van der Waals surface area contributed by atoms with Gasteiger partial charge in [0.1, 0.15) is 0 Å². The molecule has 6 aromatic carbocycles. The Hall–Kier alpha value is -5.19. The molecule has 0 N–H and O–H groups in total. The van der Waals surface area contributed by atoms with Crippen molar-refractivity contribution < 1.29 is 0 Å². The van der Waals surface area contributed by atoms with E-state index < -0.39 is 0 Å². The number of thiophene rings is 1. The van der Waals surface area contributed by atoms with Crippen LogP contribution < -0.4 is 0 Å². The summed E-state index contributed by atoms with van der Waals surface area (Å²) >= 11 is 1.79. The molecule has 0 unspecified atom stereocenters. The van der Waals surface area contributed by atoms with Gasteiger partial charge in [0.2, 0.25) is 0 Å². The lowest BCUT2D eigenvalue weighted by atomic mass is 10.0. The van der Waals surface area contributed by atoms with E-state index in [0.29, 0.717) is 17.5 Å². The van der Waals surface area contributed by atoms with Crippen molar-refractivity contribution in [2.75, 3.05) is 0 Å². The number of nitrogens with zero attached hydrogens (tertiary/aromatic N) is 3. The molecule has 0 fully saturated rings. The standard InChI is InChI=1S/C37H23N3S/c1-2-9-24(10-3-1)26-17-20-27(21-18-26)35-38-36(29-22-19-25-11-4-5-12-28(25)23-29)40-37(39-35)32-15-8-14-31-30-13-6-7-16-33(30)41-34(31)32/h1-23H. The van der Waals surface area contributed by atoms with E-state index in [1.165, 1.54) is 31.1 Å². The van der Waals surface area contributed by atoms with Crippen molar-refractivity contribution in [1.82, 2.24) is 15.0 Å². The van der Waals surface area contributed by atoms with Crippen molar-refractivity contribution >= 4 is 42.3 Å². The van der Waals surface area contributed by atoms with E-state index in [0.717, 1.165) is 27.6 Å². The molecule has 8 aromatic rings. The first kappa shape index (κ1) is 23.7. The summed E-state index contributed by atoms with van der Waals surface area (Å²) in [6.45, 7) is 0. The summed E-state index contributed by atoms with van der Waals surface area (Å²) in [5.41, 5.74) is 5.30. The second kappa shape index (κ2) is 9.77. The van der Waals surface area contributed by atoms with Gasteiger partial charge in [0, 0.05) is 36.9 Å². The summed E-state index contributed by atoms with van der Waals surface area (Å²) in [6, 6.07) is 48.6. The normalized spacial score (nSPS) is 11.4. The van der Waals surface area contributed by atoms with E-state index in [-0.39, 0.29) is 0 Å². The highest BCUT2D eigenvalue weighted by Crippen LogP contribution is 2.39. The van der Waals surface area contributed by atoms with Crippen LogP contribution in [0, 0.1) is 0 Å². The van der Waals surface area contributed by atoms with E-state index in [2.05, 4.69) is 133 Å².